The molecule has 0 radical (unpaired) electrons. The highest BCUT2D eigenvalue weighted by Gasteiger charge is 2.35. The first kappa shape index (κ1) is 47.1. The fraction of sp³-hybridized carbons (Fsp3) is 0.571. The lowest BCUT2D eigenvalue weighted by Crippen LogP contribution is -2.53. The number of allylic oxidation sites excluding steroid dienone is 1. The van der Waals surface area contributed by atoms with Crippen molar-refractivity contribution >= 4 is 46.2 Å². The summed E-state index contributed by atoms with van der Waals surface area (Å²) in [6.07, 6.45) is 8.19. The molecule has 66 heavy (non-hydrogen) atoms. The molecule has 2 unspecified atom stereocenters. The quantitative estimate of drug-likeness (QED) is 0.109. The summed E-state index contributed by atoms with van der Waals surface area (Å²) < 4.78 is 32.4. The van der Waals surface area contributed by atoms with Gasteiger partial charge in [-0.2, -0.15) is 0 Å². The number of imidazole rings is 1. The van der Waals surface area contributed by atoms with E-state index in [1.165, 1.54) is 0 Å². The van der Waals surface area contributed by atoms with Crippen molar-refractivity contribution < 1.29 is 23.2 Å². The standard InChI is InChI=1S/C49H67F2N11O4/c1-31(63)60-23-17-40(39(30-60)47(53)61-18-5-7-34-26-37(35(28-52)29-54-2)38(46(50)51)27-43(34)61)55-36-15-21-59(22-16-36)25-24-58-19-13-32(14-20-58)9-10-33-6-4-8-41-45(33)57(3)49(66)62(41)42-11-12-44(64)56-48(42)65/h4,6,8,26-29,32,36,42,46-47,52,54-55H,5,7,9-25,30,53H2,1-3H3,(H,56,64,65)/b35-29+,52-28?. The van der Waals surface area contributed by atoms with Crippen LogP contribution in [0.4, 0.5) is 14.5 Å². The molecule has 3 fully saturated rings. The summed E-state index contributed by atoms with van der Waals surface area (Å²) in [4.78, 5) is 59.5. The molecule has 8 rings (SSSR count). The number of rotatable bonds is 15. The topological polar surface area (TPSA) is 177 Å². The number of nitrogens with one attached hydrogen (secondary N) is 4. The number of alkyl halides is 2. The van der Waals surface area contributed by atoms with E-state index in [2.05, 4.69) is 31.8 Å². The molecule has 3 saturated heterocycles. The molecular formula is C49H67F2N11O4. The molecular weight excluding hydrogens is 845 g/mol. The van der Waals surface area contributed by atoms with Gasteiger partial charge in [-0.25, -0.2) is 13.6 Å². The predicted molar refractivity (Wildman–Crippen MR) is 253 cm³/mol. The molecule has 3 amide bonds. The van der Waals surface area contributed by atoms with Crippen LogP contribution in [0.1, 0.15) is 99.4 Å². The van der Waals surface area contributed by atoms with Crippen LogP contribution in [0.15, 0.2) is 52.6 Å². The molecule has 17 heteroatoms. The van der Waals surface area contributed by atoms with Gasteiger partial charge in [-0.15, -0.1) is 0 Å². The van der Waals surface area contributed by atoms with E-state index in [4.69, 9.17) is 11.1 Å². The van der Waals surface area contributed by atoms with E-state index < -0.39 is 24.5 Å². The fourth-order valence-electron chi connectivity index (χ4n) is 11.1. The summed E-state index contributed by atoms with van der Waals surface area (Å²) in [6, 6.07) is 8.88. The zero-order chi connectivity index (χ0) is 46.6. The number of aromatic nitrogens is 2. The molecule has 3 aromatic rings. The van der Waals surface area contributed by atoms with E-state index in [-0.39, 0.29) is 35.5 Å². The van der Waals surface area contributed by atoms with Crippen LogP contribution in [0.2, 0.25) is 0 Å². The summed E-state index contributed by atoms with van der Waals surface area (Å²) in [7, 11) is 3.45. The lowest BCUT2D eigenvalue weighted by molar-refractivity contribution is -0.135. The first-order chi connectivity index (χ1) is 31.8. The Morgan fingerprint density at radius 3 is 2.36 bits per heavy atom. The van der Waals surface area contributed by atoms with Gasteiger partial charge in [0, 0.05) is 126 Å². The van der Waals surface area contributed by atoms with Crippen LogP contribution >= 0.6 is 0 Å². The number of nitrogens with two attached hydrogens (primary N) is 1. The number of fused-ring (bicyclic) bond motifs is 2. The number of nitrogens with zero attached hydrogens (tertiary/aromatic N) is 6. The number of benzene rings is 2. The second-order valence-corrected chi connectivity index (χ2v) is 18.9. The Kier molecular flexibility index (Phi) is 14.7. The Labute approximate surface area is 385 Å². The van der Waals surface area contributed by atoms with E-state index in [1.54, 1.807) is 48.5 Å². The molecule has 2 atom stereocenters. The maximum atomic E-state index is 14.6. The van der Waals surface area contributed by atoms with Crippen LogP contribution < -0.4 is 32.3 Å². The van der Waals surface area contributed by atoms with Gasteiger partial charge in [-0.3, -0.25) is 28.8 Å². The van der Waals surface area contributed by atoms with E-state index in [9.17, 15) is 28.0 Å². The number of piperidine rings is 3. The zero-order valence-corrected chi connectivity index (χ0v) is 38.7. The Morgan fingerprint density at radius 1 is 0.970 bits per heavy atom. The van der Waals surface area contributed by atoms with E-state index in [0.717, 1.165) is 130 Å². The largest absolute Gasteiger partial charge is 0.393 e. The lowest BCUT2D eigenvalue weighted by atomic mass is 9.90. The minimum Gasteiger partial charge on any atom is -0.393 e. The van der Waals surface area contributed by atoms with Gasteiger partial charge in [0.15, 0.2) is 0 Å². The maximum absolute atomic E-state index is 14.6. The van der Waals surface area contributed by atoms with Crippen molar-refractivity contribution in [1.82, 2.24) is 39.8 Å². The molecule has 1 aromatic heterocycles. The summed E-state index contributed by atoms with van der Waals surface area (Å²) in [6.45, 7) is 9.33. The molecule has 0 bridgehead atoms. The van der Waals surface area contributed by atoms with Crippen molar-refractivity contribution in [2.24, 2.45) is 18.7 Å². The third kappa shape index (κ3) is 9.98. The minimum atomic E-state index is -2.73. The Bertz CT molecular complexity index is 2430. The number of halogens is 2. The van der Waals surface area contributed by atoms with Crippen molar-refractivity contribution in [3.05, 3.63) is 80.5 Å². The molecule has 5 aliphatic rings. The van der Waals surface area contributed by atoms with Gasteiger partial charge >= 0.3 is 5.69 Å². The first-order valence-corrected chi connectivity index (χ1v) is 23.9. The van der Waals surface area contributed by atoms with E-state index >= 15 is 0 Å². The summed E-state index contributed by atoms with van der Waals surface area (Å²) in [5, 5.41) is 17.0. The highest BCUT2D eigenvalue weighted by molar-refractivity contribution is 6.09. The van der Waals surface area contributed by atoms with Gasteiger partial charge in [0.1, 0.15) is 12.2 Å². The van der Waals surface area contributed by atoms with Gasteiger partial charge < -0.3 is 41.4 Å². The molecule has 6 heterocycles. The molecule has 0 saturated carbocycles. The van der Waals surface area contributed by atoms with Crippen LogP contribution in [-0.2, 0) is 34.3 Å². The smallest absolute Gasteiger partial charge is 0.329 e. The molecule has 356 valence electrons. The van der Waals surface area contributed by atoms with Crippen LogP contribution in [0.3, 0.4) is 0 Å². The highest BCUT2D eigenvalue weighted by Crippen LogP contribution is 2.39. The van der Waals surface area contributed by atoms with Crippen LogP contribution in [0.5, 0.6) is 0 Å². The van der Waals surface area contributed by atoms with Crippen LogP contribution in [-0.4, -0.2) is 126 Å². The third-order valence-electron chi connectivity index (χ3n) is 14.9. The number of carbonyl (C=O) groups excluding carboxylic acids is 3. The minimum absolute atomic E-state index is 0.0149. The van der Waals surface area contributed by atoms with Gasteiger partial charge in [0.25, 0.3) is 6.43 Å². The highest BCUT2D eigenvalue weighted by atomic mass is 19.3. The summed E-state index contributed by atoms with van der Waals surface area (Å²) in [5.74, 6) is -0.131. The maximum Gasteiger partial charge on any atom is 0.329 e. The van der Waals surface area contributed by atoms with Gasteiger partial charge in [-0.05, 0) is 112 Å². The number of imide groups is 1. The average molecular weight is 912 g/mol. The van der Waals surface area contributed by atoms with Gasteiger partial charge in [0.2, 0.25) is 17.7 Å². The molecule has 0 aliphatic carbocycles. The number of amides is 3. The zero-order valence-electron chi connectivity index (χ0n) is 38.7. The SMILES string of the molecule is CN/C=C(\C=N)c1cc2c(cc1C(F)F)N(C(N)C1=C(NC3CCN(CCN4CCC(CCc5cccc6c5n(C)c(=O)n6C5CCC(=O)NC5=O)CC4)CC3)CCN(C(C)=O)C1)CCC2. The average Bonchev–Trinajstić information content (AvgIpc) is 3.57. The number of likely N-dealkylation sites (tertiary alicyclic amines) is 2. The number of carbonyl (C=O) groups is 3. The second-order valence-electron chi connectivity index (χ2n) is 18.9. The number of para-hydroxylation sites is 1. The predicted octanol–water partition coefficient (Wildman–Crippen LogP) is 4.41. The molecule has 15 nitrogen and oxygen atoms in total. The number of aryl methyl sites for hydroxylation is 3. The van der Waals surface area contributed by atoms with Crippen molar-refractivity contribution in [1.29, 1.82) is 5.41 Å². The number of hydrogen-bond donors (Lipinski definition) is 5. The van der Waals surface area contributed by atoms with Gasteiger partial charge in [0.05, 0.1) is 11.0 Å². The van der Waals surface area contributed by atoms with Crippen LogP contribution in [0, 0.1) is 11.3 Å². The Balaban J connectivity index is 0.841. The van der Waals surface area contributed by atoms with Crippen molar-refractivity contribution in [3.63, 3.8) is 0 Å². The van der Waals surface area contributed by atoms with Crippen molar-refractivity contribution in [2.75, 3.05) is 70.9 Å². The Hall–Kier alpha value is -5.39. The Morgan fingerprint density at radius 2 is 1.70 bits per heavy atom. The van der Waals surface area contributed by atoms with Crippen molar-refractivity contribution in [2.45, 2.75) is 102 Å². The summed E-state index contributed by atoms with van der Waals surface area (Å²) in [5.41, 5.74) is 13.8. The monoisotopic (exact) mass is 912 g/mol. The molecule has 0 spiro atoms. The fourth-order valence-corrected chi connectivity index (χ4v) is 11.1. The number of hydrogen-bond acceptors (Lipinski definition) is 11. The normalized spacial score (nSPS) is 21.4. The molecule has 2 aromatic carbocycles. The third-order valence-corrected chi connectivity index (χ3v) is 14.9. The van der Waals surface area contributed by atoms with Crippen molar-refractivity contribution in [3.8, 4) is 0 Å². The first-order valence-electron chi connectivity index (χ1n) is 23.9. The lowest BCUT2D eigenvalue weighted by Gasteiger charge is -2.42. The molecule has 6 N–H and O–H groups in total. The number of anilines is 1. The van der Waals surface area contributed by atoms with Gasteiger partial charge in [-0.1, -0.05) is 12.1 Å². The second kappa shape index (κ2) is 20.6. The van der Waals surface area contributed by atoms with E-state index in [1.807, 2.05) is 21.9 Å². The van der Waals surface area contributed by atoms with E-state index in [0.29, 0.717) is 55.2 Å². The van der Waals surface area contributed by atoms with Crippen LogP contribution in [0.25, 0.3) is 16.6 Å². The summed E-state index contributed by atoms with van der Waals surface area (Å²) >= 11 is 0. The molecule has 5 aliphatic heterocycles.